The number of nitrogens with one attached hydrogen (secondary N) is 1. The van der Waals surface area contributed by atoms with Gasteiger partial charge in [-0.05, 0) is 31.6 Å². The third-order valence-corrected chi connectivity index (χ3v) is 3.73. The van der Waals surface area contributed by atoms with E-state index in [0.717, 1.165) is 13.0 Å². The van der Waals surface area contributed by atoms with Gasteiger partial charge in [0.1, 0.15) is 0 Å². The van der Waals surface area contributed by atoms with Crippen molar-refractivity contribution >= 4 is 0 Å². The molecule has 2 heteroatoms. The van der Waals surface area contributed by atoms with Gasteiger partial charge in [0.05, 0.1) is 6.07 Å². The molecule has 1 aliphatic carbocycles. The number of rotatable bonds is 9. The van der Waals surface area contributed by atoms with Crippen LogP contribution in [0.15, 0.2) is 0 Å². The molecule has 0 spiro atoms. The van der Waals surface area contributed by atoms with E-state index in [9.17, 15) is 0 Å². The van der Waals surface area contributed by atoms with Crippen LogP contribution in [0.4, 0.5) is 0 Å². The summed E-state index contributed by atoms with van der Waals surface area (Å²) in [5.41, 5.74) is 0.354. The van der Waals surface area contributed by atoms with Gasteiger partial charge in [-0.1, -0.05) is 32.6 Å². The summed E-state index contributed by atoms with van der Waals surface area (Å²) in [6.45, 7) is 5.57. The highest BCUT2D eigenvalue weighted by Gasteiger charge is 2.41. The lowest BCUT2D eigenvalue weighted by molar-refractivity contribution is 0.406. The Bertz CT molecular complexity index is 225. The molecule has 0 amide bonds. The topological polar surface area (TPSA) is 35.8 Å². The molecular weight excluding hydrogens is 196 g/mol. The second-order valence-electron chi connectivity index (χ2n) is 5.47. The lowest BCUT2D eigenvalue weighted by Crippen LogP contribution is -2.31. The van der Waals surface area contributed by atoms with Gasteiger partial charge in [0.2, 0.25) is 0 Å². The molecule has 1 rings (SSSR count). The summed E-state index contributed by atoms with van der Waals surface area (Å²) in [6.07, 6.45) is 9.90. The first kappa shape index (κ1) is 13.5. The summed E-state index contributed by atoms with van der Waals surface area (Å²) < 4.78 is 0. The molecule has 0 aliphatic heterocycles. The molecule has 0 aromatic carbocycles. The Kier molecular flexibility index (Phi) is 5.84. The minimum absolute atomic E-state index is 0.354. The van der Waals surface area contributed by atoms with Crippen LogP contribution in [0.5, 0.6) is 0 Å². The second-order valence-corrected chi connectivity index (χ2v) is 5.47. The third-order valence-electron chi connectivity index (χ3n) is 3.73. The van der Waals surface area contributed by atoms with Crippen LogP contribution in [-0.2, 0) is 0 Å². The van der Waals surface area contributed by atoms with Gasteiger partial charge >= 0.3 is 0 Å². The molecule has 92 valence electrons. The van der Waals surface area contributed by atoms with Crippen molar-refractivity contribution in [1.82, 2.24) is 5.32 Å². The zero-order chi connectivity index (χ0) is 11.9. The van der Waals surface area contributed by atoms with Crippen molar-refractivity contribution in [2.24, 2.45) is 5.41 Å². The monoisotopic (exact) mass is 222 g/mol. The van der Waals surface area contributed by atoms with Crippen LogP contribution < -0.4 is 5.32 Å². The Hall–Kier alpha value is -0.550. The zero-order valence-corrected chi connectivity index (χ0v) is 10.9. The Morgan fingerprint density at radius 2 is 2.06 bits per heavy atom. The van der Waals surface area contributed by atoms with Gasteiger partial charge < -0.3 is 5.32 Å². The second kappa shape index (κ2) is 6.91. The van der Waals surface area contributed by atoms with Crippen LogP contribution >= 0.6 is 0 Å². The van der Waals surface area contributed by atoms with Gasteiger partial charge in [0.25, 0.3) is 0 Å². The van der Waals surface area contributed by atoms with E-state index in [1.54, 1.807) is 0 Å². The van der Waals surface area contributed by atoms with E-state index in [0.29, 0.717) is 11.5 Å². The molecule has 2 nitrogen and oxygen atoms in total. The molecule has 0 bridgehead atoms. The number of nitriles is 1. The van der Waals surface area contributed by atoms with E-state index in [1.165, 1.54) is 44.9 Å². The minimum Gasteiger partial charge on any atom is -0.314 e. The summed E-state index contributed by atoms with van der Waals surface area (Å²) in [5, 5.41) is 12.3. The molecule has 1 unspecified atom stereocenters. The van der Waals surface area contributed by atoms with Crippen LogP contribution in [0.1, 0.15) is 65.2 Å². The van der Waals surface area contributed by atoms with Gasteiger partial charge in [-0.15, -0.1) is 0 Å². The predicted octanol–water partition coefficient (Wildman–Crippen LogP) is 3.63. The summed E-state index contributed by atoms with van der Waals surface area (Å²) in [6, 6.07) is 2.93. The van der Waals surface area contributed by atoms with Crippen LogP contribution in [0, 0.1) is 16.7 Å². The van der Waals surface area contributed by atoms with Crippen molar-refractivity contribution in [2.45, 2.75) is 71.3 Å². The number of nitrogens with zero attached hydrogens (tertiary/aromatic N) is 1. The van der Waals surface area contributed by atoms with E-state index in [1.807, 2.05) is 0 Å². The molecule has 1 fully saturated rings. The fraction of sp³-hybridized carbons (Fsp3) is 0.929. The van der Waals surface area contributed by atoms with Crippen molar-refractivity contribution in [3.63, 3.8) is 0 Å². The predicted molar refractivity (Wildman–Crippen MR) is 68.1 cm³/mol. The fourth-order valence-corrected chi connectivity index (χ4v) is 2.13. The first-order valence-electron chi connectivity index (χ1n) is 6.83. The van der Waals surface area contributed by atoms with Crippen LogP contribution in [0.3, 0.4) is 0 Å². The summed E-state index contributed by atoms with van der Waals surface area (Å²) in [4.78, 5) is 0. The van der Waals surface area contributed by atoms with Crippen molar-refractivity contribution < 1.29 is 0 Å². The highest BCUT2D eigenvalue weighted by atomic mass is 14.9. The molecule has 0 heterocycles. The molecule has 0 radical (unpaired) electrons. The maximum absolute atomic E-state index is 8.73. The Morgan fingerprint density at radius 1 is 1.31 bits per heavy atom. The van der Waals surface area contributed by atoms with E-state index in [2.05, 4.69) is 25.2 Å². The fourth-order valence-electron chi connectivity index (χ4n) is 2.13. The van der Waals surface area contributed by atoms with Crippen molar-refractivity contribution in [3.8, 4) is 6.07 Å². The minimum atomic E-state index is 0.354. The largest absolute Gasteiger partial charge is 0.314 e. The van der Waals surface area contributed by atoms with E-state index in [-0.39, 0.29) is 0 Å². The molecular formula is C14H26N2. The normalized spacial score (nSPS) is 19.1. The average Bonchev–Trinajstić information content (AvgIpc) is 3.03. The zero-order valence-electron chi connectivity index (χ0n) is 10.9. The van der Waals surface area contributed by atoms with Crippen LogP contribution in [0.2, 0.25) is 0 Å². The van der Waals surface area contributed by atoms with Crippen molar-refractivity contribution in [1.29, 1.82) is 5.26 Å². The van der Waals surface area contributed by atoms with Crippen LogP contribution in [0.25, 0.3) is 0 Å². The molecule has 0 saturated heterocycles. The maximum Gasteiger partial charge on any atom is 0.0628 e. The molecule has 0 aromatic rings. The van der Waals surface area contributed by atoms with E-state index < -0.39 is 0 Å². The van der Waals surface area contributed by atoms with Crippen LogP contribution in [-0.4, -0.2) is 12.6 Å². The Labute approximate surface area is 100 Å². The van der Waals surface area contributed by atoms with Gasteiger partial charge in [0.15, 0.2) is 0 Å². The van der Waals surface area contributed by atoms with Gasteiger partial charge in [-0.3, -0.25) is 0 Å². The first-order valence-corrected chi connectivity index (χ1v) is 6.83. The summed E-state index contributed by atoms with van der Waals surface area (Å²) in [7, 11) is 0. The number of hydrogen-bond donors (Lipinski definition) is 1. The molecule has 1 N–H and O–H groups in total. The highest BCUT2D eigenvalue weighted by molar-refractivity contribution is 5.00. The van der Waals surface area contributed by atoms with Gasteiger partial charge in [-0.2, -0.15) is 5.26 Å². The molecule has 0 aromatic heterocycles. The number of hydrogen-bond acceptors (Lipinski definition) is 2. The smallest absolute Gasteiger partial charge is 0.0628 e. The summed E-state index contributed by atoms with van der Waals surface area (Å²) >= 11 is 0. The van der Waals surface area contributed by atoms with Gasteiger partial charge in [0, 0.05) is 19.0 Å². The quantitative estimate of drug-likeness (QED) is 0.605. The lowest BCUT2D eigenvalue weighted by Gasteiger charge is -2.18. The third kappa shape index (κ3) is 4.99. The Balaban J connectivity index is 2.02. The molecule has 1 saturated carbocycles. The standard InChI is InChI=1S/C14H26N2/c1-3-4-5-6-7-13(2)16-12-14(8-9-14)10-11-15/h13,16H,3-10,12H2,1-2H3. The average molecular weight is 222 g/mol. The first-order chi connectivity index (χ1) is 7.72. The maximum atomic E-state index is 8.73. The van der Waals surface area contributed by atoms with E-state index in [4.69, 9.17) is 5.26 Å². The highest BCUT2D eigenvalue weighted by Crippen LogP contribution is 2.47. The van der Waals surface area contributed by atoms with Crippen molar-refractivity contribution in [2.75, 3.05) is 6.54 Å². The number of unbranched alkanes of at least 4 members (excludes halogenated alkanes) is 3. The lowest BCUT2D eigenvalue weighted by atomic mass is 10.0. The van der Waals surface area contributed by atoms with Gasteiger partial charge in [-0.25, -0.2) is 0 Å². The summed E-state index contributed by atoms with van der Waals surface area (Å²) in [5.74, 6) is 0. The van der Waals surface area contributed by atoms with Crippen molar-refractivity contribution in [3.05, 3.63) is 0 Å². The van der Waals surface area contributed by atoms with E-state index >= 15 is 0 Å². The molecule has 1 atom stereocenters. The Morgan fingerprint density at radius 3 is 2.62 bits per heavy atom. The molecule has 1 aliphatic rings. The SMILES string of the molecule is CCCCCCC(C)NCC1(CC#N)CC1. The molecule has 16 heavy (non-hydrogen) atoms.